The zero-order chi connectivity index (χ0) is 17.9. The van der Waals surface area contributed by atoms with Gasteiger partial charge in [0.05, 0.1) is 0 Å². The molecule has 0 unspecified atom stereocenters. The van der Waals surface area contributed by atoms with E-state index in [1.807, 2.05) is 30.3 Å². The minimum Gasteiger partial charge on any atom is -0.310 e. The molecule has 0 saturated carbocycles. The van der Waals surface area contributed by atoms with Crippen LogP contribution in [0.1, 0.15) is 36.1 Å². The van der Waals surface area contributed by atoms with Crippen molar-refractivity contribution in [2.24, 2.45) is 5.92 Å². The van der Waals surface area contributed by atoms with Crippen molar-refractivity contribution in [3.8, 4) is 0 Å². The lowest BCUT2D eigenvalue weighted by Crippen LogP contribution is -2.23. The van der Waals surface area contributed by atoms with Crippen LogP contribution in [0.3, 0.4) is 0 Å². The fraction of sp³-hybridized carbons (Fsp3) is 0.250. The number of benzene rings is 3. The Balaban J connectivity index is 1.40. The van der Waals surface area contributed by atoms with Crippen molar-refractivity contribution < 1.29 is 4.39 Å². The first-order valence-corrected chi connectivity index (χ1v) is 9.39. The topological polar surface area (TPSA) is 12.0 Å². The maximum atomic E-state index is 14.0. The number of fused-ring (bicyclic) bond motifs is 2. The van der Waals surface area contributed by atoms with Gasteiger partial charge in [0.15, 0.2) is 0 Å². The second kappa shape index (κ2) is 7.43. The molecule has 0 bridgehead atoms. The van der Waals surface area contributed by atoms with Gasteiger partial charge in [-0.2, -0.15) is 0 Å². The zero-order valence-corrected chi connectivity index (χ0v) is 15.1. The predicted molar refractivity (Wildman–Crippen MR) is 108 cm³/mol. The van der Waals surface area contributed by atoms with Crippen LogP contribution in [0.15, 0.2) is 66.7 Å². The first-order valence-electron chi connectivity index (χ1n) is 9.39. The molecular formula is C24H24FN. The SMILES string of the molecule is C[C@@H](NCC[C@H]1C=Cc2ccccc2C1)c1ccc(F)c2ccccc12. The van der Waals surface area contributed by atoms with Crippen molar-refractivity contribution in [2.75, 3.05) is 6.54 Å². The quantitative estimate of drug-likeness (QED) is 0.606. The molecule has 0 radical (unpaired) electrons. The first kappa shape index (κ1) is 17.0. The highest BCUT2D eigenvalue weighted by Crippen LogP contribution is 2.27. The van der Waals surface area contributed by atoms with Crippen molar-refractivity contribution in [1.29, 1.82) is 0 Å². The summed E-state index contributed by atoms with van der Waals surface area (Å²) in [4.78, 5) is 0. The number of rotatable bonds is 5. The molecule has 0 heterocycles. The number of hydrogen-bond acceptors (Lipinski definition) is 1. The van der Waals surface area contributed by atoms with Crippen LogP contribution < -0.4 is 5.32 Å². The van der Waals surface area contributed by atoms with E-state index in [-0.39, 0.29) is 11.9 Å². The average Bonchev–Trinajstić information content (AvgIpc) is 2.68. The lowest BCUT2D eigenvalue weighted by Gasteiger charge is -2.21. The van der Waals surface area contributed by atoms with Gasteiger partial charge in [0.2, 0.25) is 0 Å². The van der Waals surface area contributed by atoms with Crippen molar-refractivity contribution >= 4 is 16.8 Å². The van der Waals surface area contributed by atoms with Gasteiger partial charge in [-0.25, -0.2) is 4.39 Å². The molecular weight excluding hydrogens is 321 g/mol. The molecule has 132 valence electrons. The molecule has 1 aliphatic carbocycles. The van der Waals surface area contributed by atoms with Gasteiger partial charge in [-0.05, 0) is 60.4 Å². The van der Waals surface area contributed by atoms with Crippen LogP contribution in [-0.4, -0.2) is 6.54 Å². The van der Waals surface area contributed by atoms with Gasteiger partial charge in [0.25, 0.3) is 0 Å². The summed E-state index contributed by atoms with van der Waals surface area (Å²) in [5.41, 5.74) is 3.95. The molecule has 0 spiro atoms. The Hall–Kier alpha value is -2.45. The van der Waals surface area contributed by atoms with E-state index in [2.05, 4.69) is 48.7 Å². The van der Waals surface area contributed by atoms with E-state index < -0.39 is 0 Å². The van der Waals surface area contributed by atoms with Crippen molar-refractivity contribution in [2.45, 2.75) is 25.8 Å². The van der Waals surface area contributed by atoms with Crippen molar-refractivity contribution in [1.82, 2.24) is 5.32 Å². The van der Waals surface area contributed by atoms with Gasteiger partial charge in [-0.15, -0.1) is 0 Å². The Morgan fingerprint density at radius 2 is 1.77 bits per heavy atom. The second-order valence-electron chi connectivity index (χ2n) is 7.17. The van der Waals surface area contributed by atoms with E-state index >= 15 is 0 Å². The van der Waals surface area contributed by atoms with Gasteiger partial charge >= 0.3 is 0 Å². The van der Waals surface area contributed by atoms with E-state index in [9.17, 15) is 4.39 Å². The third-order valence-electron chi connectivity index (χ3n) is 5.42. The molecule has 3 aromatic rings. The first-order chi connectivity index (χ1) is 12.7. The summed E-state index contributed by atoms with van der Waals surface area (Å²) in [5.74, 6) is 0.428. The number of hydrogen-bond donors (Lipinski definition) is 1. The summed E-state index contributed by atoms with van der Waals surface area (Å²) in [6.07, 6.45) is 6.80. The van der Waals surface area contributed by atoms with Crippen LogP contribution in [0.25, 0.3) is 16.8 Å². The summed E-state index contributed by atoms with van der Waals surface area (Å²) in [6.45, 7) is 3.11. The van der Waals surface area contributed by atoms with Crippen LogP contribution in [0.2, 0.25) is 0 Å². The van der Waals surface area contributed by atoms with E-state index in [1.54, 1.807) is 6.07 Å². The molecule has 2 atom stereocenters. The largest absolute Gasteiger partial charge is 0.310 e. The number of nitrogens with one attached hydrogen (secondary N) is 1. The van der Waals surface area contributed by atoms with Crippen LogP contribution in [0.4, 0.5) is 4.39 Å². The smallest absolute Gasteiger partial charge is 0.131 e. The minimum absolute atomic E-state index is 0.150. The maximum absolute atomic E-state index is 14.0. The van der Waals surface area contributed by atoms with Gasteiger partial charge in [0.1, 0.15) is 5.82 Å². The Labute approximate surface area is 154 Å². The molecule has 26 heavy (non-hydrogen) atoms. The molecule has 1 aliphatic rings. The van der Waals surface area contributed by atoms with Gasteiger partial charge in [-0.1, -0.05) is 66.7 Å². The molecule has 2 heteroatoms. The lowest BCUT2D eigenvalue weighted by molar-refractivity contribution is 0.500. The van der Waals surface area contributed by atoms with Crippen molar-refractivity contribution in [3.05, 3.63) is 89.2 Å². The monoisotopic (exact) mass is 345 g/mol. The predicted octanol–water partition coefficient (Wildman–Crippen LogP) is 5.91. The summed E-state index contributed by atoms with van der Waals surface area (Å²) in [5, 5.41) is 5.32. The summed E-state index contributed by atoms with van der Waals surface area (Å²) < 4.78 is 14.0. The standard InChI is InChI=1S/C24H24FN/c1-17(21-12-13-24(25)23-9-5-4-8-22(21)23)26-15-14-18-10-11-19-6-2-3-7-20(19)16-18/h2-13,17-18,26H,14-16H2,1H3/t17-,18-/m1/s1. The molecule has 1 N–H and O–H groups in total. The fourth-order valence-corrected chi connectivity index (χ4v) is 3.93. The fourth-order valence-electron chi connectivity index (χ4n) is 3.93. The summed E-state index contributed by atoms with van der Waals surface area (Å²) in [6, 6.07) is 20.0. The van der Waals surface area contributed by atoms with Crippen LogP contribution in [-0.2, 0) is 6.42 Å². The molecule has 0 amide bonds. The average molecular weight is 345 g/mol. The van der Waals surface area contributed by atoms with Gasteiger partial charge < -0.3 is 5.32 Å². The highest BCUT2D eigenvalue weighted by atomic mass is 19.1. The Bertz CT molecular complexity index is 944. The zero-order valence-electron chi connectivity index (χ0n) is 15.1. The van der Waals surface area contributed by atoms with Gasteiger partial charge in [0, 0.05) is 11.4 Å². The normalized spacial score (nSPS) is 17.2. The third-order valence-corrected chi connectivity index (χ3v) is 5.42. The van der Waals surface area contributed by atoms with E-state index in [0.29, 0.717) is 11.3 Å². The van der Waals surface area contributed by atoms with E-state index in [4.69, 9.17) is 0 Å². The van der Waals surface area contributed by atoms with Crippen molar-refractivity contribution in [3.63, 3.8) is 0 Å². The van der Waals surface area contributed by atoms with Crippen LogP contribution in [0.5, 0.6) is 0 Å². The molecule has 4 rings (SSSR count). The van der Waals surface area contributed by atoms with Crippen LogP contribution >= 0.6 is 0 Å². The Morgan fingerprint density at radius 1 is 1.00 bits per heavy atom. The molecule has 1 nitrogen and oxygen atoms in total. The lowest BCUT2D eigenvalue weighted by atomic mass is 9.88. The highest BCUT2D eigenvalue weighted by molar-refractivity contribution is 5.86. The molecule has 0 saturated heterocycles. The van der Waals surface area contributed by atoms with E-state index in [0.717, 1.165) is 30.3 Å². The molecule has 0 aliphatic heterocycles. The summed E-state index contributed by atoms with van der Waals surface area (Å²) in [7, 11) is 0. The molecule has 3 aromatic carbocycles. The third kappa shape index (κ3) is 3.42. The highest BCUT2D eigenvalue weighted by Gasteiger charge is 2.15. The van der Waals surface area contributed by atoms with Gasteiger partial charge in [-0.3, -0.25) is 0 Å². The number of allylic oxidation sites excluding steroid dienone is 1. The van der Waals surface area contributed by atoms with E-state index in [1.165, 1.54) is 11.1 Å². The Kier molecular flexibility index (Phi) is 4.85. The van der Waals surface area contributed by atoms with Crippen LogP contribution in [0, 0.1) is 11.7 Å². The maximum Gasteiger partial charge on any atom is 0.131 e. The number of halogens is 1. The molecule has 0 fully saturated rings. The second-order valence-corrected chi connectivity index (χ2v) is 7.17. The molecule has 0 aromatic heterocycles. The minimum atomic E-state index is -0.150. The summed E-state index contributed by atoms with van der Waals surface area (Å²) >= 11 is 0. The Morgan fingerprint density at radius 3 is 2.65 bits per heavy atom.